The lowest BCUT2D eigenvalue weighted by molar-refractivity contribution is -0.186. The normalized spacial score (nSPS) is 17.6. The Morgan fingerprint density at radius 3 is 1.75 bits per heavy atom. The third-order valence-corrected chi connectivity index (χ3v) is 12.7. The summed E-state index contributed by atoms with van der Waals surface area (Å²) in [7, 11) is 5.30. The van der Waals surface area contributed by atoms with Crippen LogP contribution in [0.2, 0.25) is 0 Å². The molecule has 6 unspecified atom stereocenters. The number of rotatable bonds is 30. The number of likely N-dealkylation sites (tertiary alicyclic amines) is 2. The summed E-state index contributed by atoms with van der Waals surface area (Å²) < 4.78 is 65.2. The number of halogens is 4. The maximum atomic E-state index is 13.9. The number of carbonyl (C=O) groups is 6. The molecule has 398 valence electrons. The first-order chi connectivity index (χ1) is 34.0. The van der Waals surface area contributed by atoms with Gasteiger partial charge in [0.05, 0.1) is 25.3 Å². The van der Waals surface area contributed by atoms with Gasteiger partial charge in [0.15, 0.2) is 6.67 Å². The monoisotopic (exact) mass is 1010 g/mol. The molecule has 2 fully saturated rings. The molecule has 0 aliphatic carbocycles. The molecule has 0 saturated carbocycles. The number of ether oxygens (including phenoxy) is 2. The quantitative estimate of drug-likeness (QED) is 0.0509. The van der Waals surface area contributed by atoms with Crippen LogP contribution in [0.5, 0.6) is 0 Å². The Kier molecular flexibility index (Phi) is 27.9. The van der Waals surface area contributed by atoms with Crippen LogP contribution in [0.15, 0.2) is 60.7 Å². The molecule has 2 aromatic rings. The lowest BCUT2D eigenvalue weighted by Gasteiger charge is -2.35. The van der Waals surface area contributed by atoms with Crippen molar-refractivity contribution in [2.75, 3.05) is 93.4 Å². The van der Waals surface area contributed by atoms with Crippen molar-refractivity contribution in [1.29, 1.82) is 0 Å². The zero-order valence-electron chi connectivity index (χ0n) is 42.2. The lowest BCUT2D eigenvalue weighted by atomic mass is 10.1. The van der Waals surface area contributed by atoms with Gasteiger partial charge in [0.2, 0.25) is 17.7 Å². The highest BCUT2D eigenvalue weighted by atomic mass is 19.4. The van der Waals surface area contributed by atoms with E-state index in [1.54, 1.807) is 63.2 Å². The van der Waals surface area contributed by atoms with Crippen molar-refractivity contribution in [3.8, 4) is 0 Å². The van der Waals surface area contributed by atoms with E-state index in [-0.39, 0.29) is 51.0 Å². The van der Waals surface area contributed by atoms with E-state index in [0.717, 1.165) is 49.1 Å². The van der Waals surface area contributed by atoms with Crippen LogP contribution in [0.1, 0.15) is 76.3 Å². The highest BCUT2D eigenvalue weighted by molar-refractivity contribution is 5.89. The van der Waals surface area contributed by atoms with Gasteiger partial charge in [-0.05, 0) is 104 Å². The van der Waals surface area contributed by atoms with E-state index in [4.69, 9.17) is 9.47 Å². The maximum absolute atomic E-state index is 13.9. The molecule has 16 nitrogen and oxygen atoms in total. The van der Waals surface area contributed by atoms with Crippen LogP contribution in [0.4, 0.5) is 17.6 Å². The molecular weight excluding hydrogens is 929 g/mol. The van der Waals surface area contributed by atoms with E-state index in [1.165, 1.54) is 10.5 Å². The number of likely N-dealkylation sites (N-methyl/N-ethyl adjacent to an activating group) is 3. The summed E-state index contributed by atoms with van der Waals surface area (Å²) in [6.45, 7) is 5.36. The minimum absolute atomic E-state index is 0.0517. The summed E-state index contributed by atoms with van der Waals surface area (Å²) in [6, 6.07) is 16.8. The zero-order valence-corrected chi connectivity index (χ0v) is 42.2. The predicted molar refractivity (Wildman–Crippen MR) is 263 cm³/mol. The highest BCUT2D eigenvalue weighted by Gasteiger charge is 2.45. The fourth-order valence-corrected chi connectivity index (χ4v) is 8.61. The van der Waals surface area contributed by atoms with Crippen molar-refractivity contribution in [3.63, 3.8) is 0 Å². The summed E-state index contributed by atoms with van der Waals surface area (Å²) in [5, 5.41) is 10.8. The molecule has 2 saturated heterocycles. The second-order valence-electron chi connectivity index (χ2n) is 18.2. The molecule has 0 aromatic heterocycles. The van der Waals surface area contributed by atoms with Gasteiger partial charge in [-0.3, -0.25) is 24.0 Å². The second kappa shape index (κ2) is 32.9. The molecule has 2 heterocycles. The van der Waals surface area contributed by atoms with Crippen LogP contribution in [-0.4, -0.2) is 191 Å². The van der Waals surface area contributed by atoms with Crippen molar-refractivity contribution >= 4 is 35.8 Å². The van der Waals surface area contributed by atoms with Gasteiger partial charge in [0, 0.05) is 58.0 Å². The first-order valence-electron chi connectivity index (χ1n) is 24.9. The second-order valence-corrected chi connectivity index (χ2v) is 18.2. The number of hydrogen-bond acceptors (Lipinski definition) is 11. The Labute approximate surface area is 417 Å². The molecular formula is C51H78F4N8O8. The molecule has 2 aliphatic rings. The molecule has 2 aliphatic heterocycles. The van der Waals surface area contributed by atoms with Crippen LogP contribution in [0.25, 0.3) is 0 Å². The summed E-state index contributed by atoms with van der Waals surface area (Å²) >= 11 is 0. The zero-order chi connectivity index (χ0) is 52.2. The minimum Gasteiger partial charge on any atom is -0.376 e. The third kappa shape index (κ3) is 22.1. The SMILES string of the molecule is CN1CCCC1CN(CCc1ccccc1)C(=O)CF.CNCC(=O)NC(C=O)C(C)OCCCCCCOC(C)C(NC(=O)CNC)C(=O)N1CCCC1CN(CCc1ccccc1)C(=O)C(F)(F)F. The average molecular weight is 1010 g/mol. The number of benzene rings is 2. The number of amides is 5. The van der Waals surface area contributed by atoms with E-state index >= 15 is 0 Å². The number of hydrogen-bond donors (Lipinski definition) is 4. The third-order valence-electron chi connectivity index (χ3n) is 12.7. The minimum atomic E-state index is -5.06. The summed E-state index contributed by atoms with van der Waals surface area (Å²) in [6.07, 6.45) is 1.53. The summed E-state index contributed by atoms with van der Waals surface area (Å²) in [5.74, 6) is -3.55. The number of unbranched alkanes of at least 4 members (excludes halogenated alkanes) is 3. The molecule has 20 heteroatoms. The van der Waals surface area contributed by atoms with E-state index in [0.29, 0.717) is 64.3 Å². The molecule has 0 radical (unpaired) electrons. The molecule has 0 spiro atoms. The van der Waals surface area contributed by atoms with Crippen molar-refractivity contribution in [1.82, 2.24) is 40.9 Å². The van der Waals surface area contributed by atoms with Gasteiger partial charge < -0.3 is 55.1 Å². The van der Waals surface area contributed by atoms with Gasteiger partial charge in [-0.2, -0.15) is 13.2 Å². The number of nitrogens with one attached hydrogen (secondary N) is 4. The first kappa shape index (κ1) is 60.3. The van der Waals surface area contributed by atoms with E-state index in [2.05, 4.69) is 33.2 Å². The Balaban J connectivity index is 0.000000550. The van der Waals surface area contributed by atoms with Crippen LogP contribution < -0.4 is 21.3 Å². The topological polar surface area (TPSA) is 182 Å². The molecule has 0 bridgehead atoms. The van der Waals surface area contributed by atoms with Gasteiger partial charge in [-0.1, -0.05) is 73.5 Å². The van der Waals surface area contributed by atoms with E-state index in [9.17, 15) is 46.3 Å². The molecule has 71 heavy (non-hydrogen) atoms. The number of nitrogens with zero attached hydrogens (tertiary/aromatic N) is 4. The largest absolute Gasteiger partial charge is 0.471 e. The van der Waals surface area contributed by atoms with Gasteiger partial charge in [-0.25, -0.2) is 4.39 Å². The summed E-state index contributed by atoms with van der Waals surface area (Å²) in [4.78, 5) is 80.0. The van der Waals surface area contributed by atoms with E-state index in [1.807, 2.05) is 30.3 Å². The van der Waals surface area contributed by atoms with Crippen molar-refractivity contribution in [2.45, 2.75) is 121 Å². The number of carbonyl (C=O) groups excluding carboxylic acids is 6. The average Bonchev–Trinajstić information content (AvgIpc) is 4.01. The van der Waals surface area contributed by atoms with Gasteiger partial charge in [0.1, 0.15) is 18.4 Å². The highest BCUT2D eigenvalue weighted by Crippen LogP contribution is 2.25. The Morgan fingerprint density at radius 2 is 1.24 bits per heavy atom. The van der Waals surface area contributed by atoms with Crippen molar-refractivity contribution < 1.29 is 55.8 Å². The Morgan fingerprint density at radius 1 is 0.732 bits per heavy atom. The molecule has 2 aromatic carbocycles. The molecule has 4 rings (SSSR count). The molecule has 5 amide bonds. The van der Waals surface area contributed by atoms with Gasteiger partial charge in [-0.15, -0.1) is 0 Å². The maximum Gasteiger partial charge on any atom is 0.471 e. The molecule has 6 atom stereocenters. The van der Waals surface area contributed by atoms with Gasteiger partial charge >= 0.3 is 12.1 Å². The Bertz CT molecular complexity index is 1890. The van der Waals surface area contributed by atoms with Crippen LogP contribution >= 0.6 is 0 Å². The van der Waals surface area contributed by atoms with Crippen molar-refractivity contribution in [2.24, 2.45) is 0 Å². The standard InChI is InChI=1S/C35H55F3N6O7.C16H23FN2O/c1-25(29(24-45)41-30(46)21-39-3)50-19-10-5-6-11-20-51-26(2)32(42-31(47)22-40-4)33(48)44-17-12-15-28(44)23-43(34(49)35(36,37)38)18-16-27-13-8-7-9-14-27;1-18-10-5-8-15(18)13-19(16(20)12-17)11-9-14-6-3-2-4-7-14/h7-9,13-14,24-26,28-29,32,39-40H,5-6,10-12,15-23H2,1-4H3,(H,41,46)(H,42,47);2-4,6-7,15H,5,8-13H2,1H3. The van der Waals surface area contributed by atoms with Crippen LogP contribution in [-0.2, 0) is 51.1 Å². The van der Waals surface area contributed by atoms with Crippen LogP contribution in [0, 0.1) is 0 Å². The molecule has 4 N–H and O–H groups in total. The van der Waals surface area contributed by atoms with Crippen molar-refractivity contribution in [3.05, 3.63) is 71.8 Å². The smallest absolute Gasteiger partial charge is 0.376 e. The first-order valence-corrected chi connectivity index (χ1v) is 24.9. The summed E-state index contributed by atoms with van der Waals surface area (Å²) in [5.41, 5.74) is 1.97. The fraction of sp³-hybridized carbons (Fsp3) is 0.647. The fourth-order valence-electron chi connectivity index (χ4n) is 8.61. The predicted octanol–water partition coefficient (Wildman–Crippen LogP) is 3.71. The lowest BCUT2D eigenvalue weighted by Crippen LogP contribution is -2.58. The number of aldehydes is 1. The van der Waals surface area contributed by atoms with Crippen LogP contribution in [0.3, 0.4) is 0 Å². The number of alkyl halides is 4. The van der Waals surface area contributed by atoms with E-state index < -0.39 is 60.9 Å². The van der Waals surface area contributed by atoms with Gasteiger partial charge in [0.25, 0.3) is 5.91 Å². The Hall–Kier alpha value is -5.02.